The van der Waals surface area contributed by atoms with Gasteiger partial charge in [0.15, 0.2) is 0 Å². The van der Waals surface area contributed by atoms with E-state index in [1.54, 1.807) is 24.8 Å². The number of ether oxygens (including phenoxy) is 1. The summed E-state index contributed by atoms with van der Waals surface area (Å²) in [5, 5.41) is 5.35. The molecule has 4 heterocycles. The summed E-state index contributed by atoms with van der Waals surface area (Å²) in [6.45, 7) is 1.06. The van der Waals surface area contributed by atoms with Gasteiger partial charge in [0.25, 0.3) is 5.91 Å². The number of carbonyl (C=O) groups excluding carboxylic acids is 1. The smallest absolute Gasteiger partial charge is 0.256 e. The molecule has 7 nitrogen and oxygen atoms in total. The first-order valence-electron chi connectivity index (χ1n) is 9.54. The molecule has 8 heteroatoms. The topological polar surface area (TPSA) is 80.2 Å². The Morgan fingerprint density at radius 1 is 1.32 bits per heavy atom. The summed E-state index contributed by atoms with van der Waals surface area (Å²) in [6.07, 6.45) is 6.14. The second-order valence-electron chi connectivity index (χ2n) is 7.23. The Kier molecular flexibility index (Phi) is 4.35. The van der Waals surface area contributed by atoms with Crippen LogP contribution < -0.4 is 10.1 Å². The molecule has 3 aromatic heterocycles. The van der Waals surface area contributed by atoms with E-state index in [1.165, 1.54) is 12.8 Å². The van der Waals surface area contributed by atoms with Crippen molar-refractivity contribution in [2.75, 3.05) is 12.4 Å². The highest BCUT2D eigenvalue weighted by Crippen LogP contribution is 2.33. The molecule has 0 saturated heterocycles. The van der Waals surface area contributed by atoms with Gasteiger partial charge in [-0.15, -0.1) is 11.3 Å². The number of hydrogen-bond acceptors (Lipinski definition) is 7. The van der Waals surface area contributed by atoms with Crippen LogP contribution in [-0.4, -0.2) is 38.9 Å². The van der Waals surface area contributed by atoms with E-state index in [-0.39, 0.29) is 5.91 Å². The van der Waals surface area contributed by atoms with E-state index in [2.05, 4.69) is 20.3 Å². The third kappa shape index (κ3) is 2.88. The Morgan fingerprint density at radius 2 is 2.18 bits per heavy atom. The van der Waals surface area contributed by atoms with E-state index in [4.69, 9.17) is 4.74 Å². The minimum absolute atomic E-state index is 0.0981. The lowest BCUT2D eigenvalue weighted by Gasteiger charge is -2.22. The number of hydrogen-bond donors (Lipinski definition) is 1. The number of pyridine rings is 1. The fourth-order valence-corrected chi connectivity index (χ4v) is 4.99. The van der Waals surface area contributed by atoms with E-state index in [0.717, 1.165) is 40.1 Å². The average molecular weight is 395 g/mol. The molecule has 2 aliphatic rings. The van der Waals surface area contributed by atoms with Gasteiger partial charge in [-0.3, -0.25) is 4.79 Å². The molecule has 1 aliphatic carbocycles. The second-order valence-corrected chi connectivity index (χ2v) is 8.15. The maximum Gasteiger partial charge on any atom is 0.256 e. The number of aromatic nitrogens is 3. The Hall–Kier alpha value is -2.74. The van der Waals surface area contributed by atoms with Crippen molar-refractivity contribution in [1.29, 1.82) is 0 Å². The first-order valence-corrected chi connectivity index (χ1v) is 10.4. The van der Waals surface area contributed by atoms with Crippen molar-refractivity contribution >= 4 is 33.3 Å². The van der Waals surface area contributed by atoms with Crippen LogP contribution in [0, 0.1) is 0 Å². The van der Waals surface area contributed by atoms with Crippen LogP contribution in [0.2, 0.25) is 0 Å². The van der Waals surface area contributed by atoms with Crippen LogP contribution in [0.3, 0.4) is 0 Å². The van der Waals surface area contributed by atoms with Gasteiger partial charge in [-0.25, -0.2) is 15.0 Å². The highest BCUT2D eigenvalue weighted by atomic mass is 32.1. The zero-order valence-electron chi connectivity index (χ0n) is 15.6. The summed E-state index contributed by atoms with van der Waals surface area (Å²) in [6, 6.07) is 4.25. The molecular formula is C20H21N5O2S. The Balaban J connectivity index is 1.41. The number of rotatable bonds is 5. The Morgan fingerprint density at radius 3 is 3.00 bits per heavy atom. The van der Waals surface area contributed by atoms with Gasteiger partial charge >= 0.3 is 0 Å². The molecule has 0 spiro atoms. The lowest BCUT2D eigenvalue weighted by Crippen LogP contribution is -2.33. The fraction of sp³-hybridized carbons (Fsp3) is 0.400. The quantitative estimate of drug-likeness (QED) is 0.711. The SMILES string of the molecule is COc1nc2c(cc1CNc1ncnc3ccsc13)C(=O)N(C1CCCC1)C2. The lowest BCUT2D eigenvalue weighted by molar-refractivity contribution is 0.0706. The summed E-state index contributed by atoms with van der Waals surface area (Å²) in [7, 11) is 1.62. The molecular weight excluding hydrogens is 374 g/mol. The average Bonchev–Trinajstić information content (AvgIpc) is 3.46. The van der Waals surface area contributed by atoms with E-state index >= 15 is 0 Å². The van der Waals surface area contributed by atoms with Crippen LogP contribution in [0.25, 0.3) is 10.2 Å². The molecule has 1 fully saturated rings. The fourth-order valence-electron chi connectivity index (χ4n) is 4.18. The minimum atomic E-state index is 0.0981. The molecule has 1 saturated carbocycles. The molecule has 0 atom stereocenters. The number of thiophene rings is 1. The van der Waals surface area contributed by atoms with Crippen molar-refractivity contribution in [3.63, 3.8) is 0 Å². The van der Waals surface area contributed by atoms with Gasteiger partial charge in [-0.05, 0) is 30.4 Å². The molecule has 144 valence electrons. The summed E-state index contributed by atoms with van der Waals surface area (Å²) >= 11 is 1.60. The molecule has 5 rings (SSSR count). The largest absolute Gasteiger partial charge is 0.481 e. The minimum Gasteiger partial charge on any atom is -0.481 e. The van der Waals surface area contributed by atoms with Crippen molar-refractivity contribution in [3.05, 3.63) is 40.7 Å². The highest BCUT2D eigenvalue weighted by Gasteiger charge is 2.35. The zero-order chi connectivity index (χ0) is 19.1. The van der Waals surface area contributed by atoms with Gasteiger partial charge < -0.3 is 15.0 Å². The first-order chi connectivity index (χ1) is 13.7. The van der Waals surface area contributed by atoms with Crippen molar-refractivity contribution in [3.8, 4) is 5.88 Å². The van der Waals surface area contributed by atoms with Gasteiger partial charge in [-0.2, -0.15) is 0 Å². The number of fused-ring (bicyclic) bond motifs is 2. The molecule has 3 aromatic rings. The van der Waals surface area contributed by atoms with Gasteiger partial charge in [0.2, 0.25) is 5.88 Å². The van der Waals surface area contributed by atoms with Crippen molar-refractivity contribution in [2.45, 2.75) is 44.8 Å². The molecule has 28 heavy (non-hydrogen) atoms. The number of methoxy groups -OCH3 is 1. The van der Waals surface area contributed by atoms with Crippen molar-refractivity contribution in [1.82, 2.24) is 19.9 Å². The molecule has 0 bridgehead atoms. The van der Waals surface area contributed by atoms with Crippen molar-refractivity contribution < 1.29 is 9.53 Å². The number of nitrogens with zero attached hydrogens (tertiary/aromatic N) is 4. The van der Waals surface area contributed by atoms with E-state index in [9.17, 15) is 4.79 Å². The summed E-state index contributed by atoms with van der Waals surface area (Å²) in [4.78, 5) is 28.2. The second kappa shape index (κ2) is 7.01. The van der Waals surface area contributed by atoms with Crippen LogP contribution in [0.1, 0.15) is 47.3 Å². The monoisotopic (exact) mass is 395 g/mol. The molecule has 1 N–H and O–H groups in total. The van der Waals surface area contributed by atoms with Crippen molar-refractivity contribution in [2.24, 2.45) is 0 Å². The van der Waals surface area contributed by atoms with Crippen LogP contribution in [0.4, 0.5) is 5.82 Å². The number of anilines is 1. The van der Waals surface area contributed by atoms with Gasteiger partial charge in [0.05, 0.1) is 35.1 Å². The first kappa shape index (κ1) is 17.4. The molecule has 1 amide bonds. The zero-order valence-corrected chi connectivity index (χ0v) is 16.5. The molecule has 1 aliphatic heterocycles. The predicted molar refractivity (Wildman–Crippen MR) is 108 cm³/mol. The maximum atomic E-state index is 13.0. The number of carbonyl (C=O) groups is 1. The van der Waals surface area contributed by atoms with E-state index < -0.39 is 0 Å². The highest BCUT2D eigenvalue weighted by molar-refractivity contribution is 7.17. The summed E-state index contributed by atoms with van der Waals surface area (Å²) < 4.78 is 6.53. The Labute approximate surface area is 166 Å². The third-order valence-corrected chi connectivity index (χ3v) is 6.51. The van der Waals surface area contributed by atoms with E-state index in [0.29, 0.717) is 30.6 Å². The maximum absolute atomic E-state index is 13.0. The van der Waals surface area contributed by atoms with Gasteiger partial charge in [-0.1, -0.05) is 12.8 Å². The van der Waals surface area contributed by atoms with Crippen LogP contribution in [0.15, 0.2) is 23.8 Å². The summed E-state index contributed by atoms with van der Waals surface area (Å²) in [5.41, 5.74) is 3.30. The van der Waals surface area contributed by atoms with E-state index in [1.807, 2.05) is 22.4 Å². The third-order valence-electron chi connectivity index (χ3n) is 5.60. The molecule has 0 unspecified atom stereocenters. The van der Waals surface area contributed by atoms with Crippen LogP contribution >= 0.6 is 11.3 Å². The normalized spacial score (nSPS) is 16.8. The predicted octanol–water partition coefficient (Wildman–Crippen LogP) is 3.61. The summed E-state index contributed by atoms with van der Waals surface area (Å²) in [5.74, 6) is 1.44. The van der Waals surface area contributed by atoms with Gasteiger partial charge in [0.1, 0.15) is 12.1 Å². The number of nitrogens with one attached hydrogen (secondary N) is 1. The number of amides is 1. The van der Waals surface area contributed by atoms with Crippen LogP contribution in [-0.2, 0) is 13.1 Å². The standard InChI is InChI=1S/C20H21N5O2S/c1-27-19-12(9-21-18-17-15(6-7-28-17)22-11-23-18)8-14-16(24-19)10-25(20(14)26)13-4-2-3-5-13/h6-8,11,13H,2-5,9-10H2,1H3,(H,21,22,23). The molecule has 0 radical (unpaired) electrons. The molecule has 0 aromatic carbocycles. The van der Waals surface area contributed by atoms with Crippen LogP contribution in [0.5, 0.6) is 5.88 Å². The van der Waals surface area contributed by atoms with Gasteiger partial charge in [0, 0.05) is 18.2 Å². The lowest BCUT2D eigenvalue weighted by atomic mass is 10.1. The Bertz CT molecular complexity index is 1040.